The molecule has 0 radical (unpaired) electrons. The molecule has 27 heavy (non-hydrogen) atoms. The van der Waals surface area contributed by atoms with Gasteiger partial charge < -0.3 is 15.3 Å². The van der Waals surface area contributed by atoms with Crippen molar-refractivity contribution in [2.45, 2.75) is 25.2 Å². The second kappa shape index (κ2) is 6.76. The van der Waals surface area contributed by atoms with E-state index in [1.54, 1.807) is 12.1 Å². The number of hydrogen-bond donors (Lipinski definition) is 3. The van der Waals surface area contributed by atoms with Crippen LogP contribution in [0.3, 0.4) is 0 Å². The van der Waals surface area contributed by atoms with Crippen LogP contribution in [-0.2, 0) is 4.79 Å². The van der Waals surface area contributed by atoms with E-state index < -0.39 is 17.7 Å². The summed E-state index contributed by atoms with van der Waals surface area (Å²) in [5, 5.41) is 21.7. The highest BCUT2D eigenvalue weighted by Gasteiger charge is 2.40. The van der Waals surface area contributed by atoms with Crippen molar-refractivity contribution in [3.8, 4) is 11.8 Å². The highest BCUT2D eigenvalue weighted by Crippen LogP contribution is 2.38. The molecule has 138 valence electrons. The number of nitriles is 1. The third kappa shape index (κ3) is 3.01. The van der Waals surface area contributed by atoms with Crippen LogP contribution in [-0.4, -0.2) is 34.1 Å². The van der Waals surface area contributed by atoms with E-state index in [2.05, 4.69) is 15.3 Å². The first-order valence-corrected chi connectivity index (χ1v) is 8.97. The number of phenolic OH excluding ortho intramolecular Hbond substituents is 1. The zero-order valence-electron chi connectivity index (χ0n) is 14.6. The Hall–Kier alpha value is -3.34. The SMILES string of the molecule is N#CC1C(=O)Nc2nc(N3CCCCC3)[nH]c(=O)c2C1c1ccc(O)cc1. The fourth-order valence-electron chi connectivity index (χ4n) is 3.80. The van der Waals surface area contributed by atoms with E-state index in [4.69, 9.17) is 0 Å². The number of phenols is 1. The molecule has 2 atom stereocenters. The summed E-state index contributed by atoms with van der Waals surface area (Å²) < 4.78 is 0. The Morgan fingerprint density at radius 1 is 1.15 bits per heavy atom. The molecule has 8 nitrogen and oxygen atoms in total. The molecule has 1 amide bonds. The third-order valence-electron chi connectivity index (χ3n) is 5.16. The van der Waals surface area contributed by atoms with E-state index in [0.29, 0.717) is 11.5 Å². The normalized spacial score (nSPS) is 21.9. The Bertz CT molecular complexity index is 970. The van der Waals surface area contributed by atoms with Crippen LogP contribution in [0.5, 0.6) is 5.75 Å². The van der Waals surface area contributed by atoms with Crippen LogP contribution in [0.4, 0.5) is 11.8 Å². The second-order valence-corrected chi connectivity index (χ2v) is 6.86. The molecule has 2 aromatic rings. The number of hydrogen-bond acceptors (Lipinski definition) is 6. The Kier molecular flexibility index (Phi) is 4.28. The van der Waals surface area contributed by atoms with Crippen molar-refractivity contribution in [2.75, 3.05) is 23.3 Å². The molecule has 2 aliphatic rings. The molecule has 3 heterocycles. The Morgan fingerprint density at radius 3 is 2.52 bits per heavy atom. The minimum atomic E-state index is -1.05. The summed E-state index contributed by atoms with van der Waals surface area (Å²) in [5.41, 5.74) is 0.514. The number of carbonyl (C=O) groups excluding carboxylic acids is 1. The van der Waals surface area contributed by atoms with Gasteiger partial charge in [0.25, 0.3) is 5.56 Å². The van der Waals surface area contributed by atoms with Crippen molar-refractivity contribution >= 4 is 17.7 Å². The number of fused-ring (bicyclic) bond motifs is 1. The molecule has 2 unspecified atom stereocenters. The van der Waals surface area contributed by atoms with Gasteiger partial charge in [0.1, 0.15) is 17.5 Å². The van der Waals surface area contributed by atoms with Crippen LogP contribution in [0.15, 0.2) is 29.1 Å². The summed E-state index contributed by atoms with van der Waals surface area (Å²) >= 11 is 0. The number of aromatic amines is 1. The first-order chi connectivity index (χ1) is 13.1. The number of nitrogens with zero attached hydrogens (tertiary/aromatic N) is 3. The fourth-order valence-corrected chi connectivity index (χ4v) is 3.80. The lowest BCUT2D eigenvalue weighted by molar-refractivity contribution is -0.119. The van der Waals surface area contributed by atoms with E-state index in [9.17, 15) is 20.0 Å². The van der Waals surface area contributed by atoms with Crippen LogP contribution < -0.4 is 15.8 Å². The predicted octanol–water partition coefficient (Wildman–Crippen LogP) is 1.69. The molecule has 3 N–H and O–H groups in total. The summed E-state index contributed by atoms with van der Waals surface area (Å²) in [6, 6.07) is 8.17. The van der Waals surface area contributed by atoms with Crippen LogP contribution in [0.1, 0.15) is 36.3 Å². The van der Waals surface area contributed by atoms with Crippen molar-refractivity contribution in [3.05, 3.63) is 45.7 Å². The summed E-state index contributed by atoms with van der Waals surface area (Å²) in [5.74, 6) is -1.56. The number of benzene rings is 1. The zero-order chi connectivity index (χ0) is 19.0. The van der Waals surface area contributed by atoms with Gasteiger partial charge in [-0.1, -0.05) is 12.1 Å². The molecule has 1 saturated heterocycles. The average Bonchev–Trinajstić information content (AvgIpc) is 2.68. The molecule has 0 bridgehead atoms. The van der Waals surface area contributed by atoms with E-state index in [1.165, 1.54) is 12.1 Å². The fraction of sp³-hybridized carbons (Fsp3) is 0.368. The number of carbonyl (C=O) groups is 1. The standard InChI is InChI=1S/C19H19N5O3/c20-10-13-14(11-4-6-12(25)7-5-11)15-16(21-17(13)26)22-19(23-18(15)27)24-8-2-1-3-9-24/h4-7,13-14,25H,1-3,8-9H2,(H2,21,22,23,26,27). The molecule has 0 spiro atoms. The van der Waals surface area contributed by atoms with E-state index in [-0.39, 0.29) is 22.7 Å². The number of aromatic hydroxyl groups is 1. The maximum Gasteiger partial charge on any atom is 0.258 e. The van der Waals surface area contributed by atoms with Gasteiger partial charge in [-0.2, -0.15) is 10.2 Å². The lowest BCUT2D eigenvalue weighted by Crippen LogP contribution is -2.40. The number of nitrogens with one attached hydrogen (secondary N) is 2. The minimum Gasteiger partial charge on any atom is -0.508 e. The molecular weight excluding hydrogens is 346 g/mol. The van der Waals surface area contributed by atoms with Crippen LogP contribution in [0, 0.1) is 17.2 Å². The van der Waals surface area contributed by atoms with Gasteiger partial charge in [-0.05, 0) is 37.0 Å². The molecule has 8 heteroatoms. The van der Waals surface area contributed by atoms with Crippen molar-refractivity contribution in [1.82, 2.24) is 9.97 Å². The van der Waals surface area contributed by atoms with Gasteiger partial charge in [0, 0.05) is 19.0 Å². The van der Waals surface area contributed by atoms with Gasteiger partial charge in [0.15, 0.2) is 0 Å². The topological polar surface area (TPSA) is 122 Å². The number of H-pyrrole nitrogens is 1. The third-order valence-corrected chi connectivity index (χ3v) is 5.16. The predicted molar refractivity (Wildman–Crippen MR) is 98.6 cm³/mol. The van der Waals surface area contributed by atoms with Crippen LogP contribution >= 0.6 is 0 Å². The highest BCUT2D eigenvalue weighted by molar-refractivity contribution is 5.97. The minimum absolute atomic E-state index is 0.0697. The summed E-state index contributed by atoms with van der Waals surface area (Å²) in [6.45, 7) is 1.61. The monoisotopic (exact) mass is 365 g/mol. The van der Waals surface area contributed by atoms with Gasteiger partial charge in [-0.3, -0.25) is 14.6 Å². The first kappa shape index (κ1) is 17.1. The van der Waals surface area contributed by atoms with Gasteiger partial charge in [0.05, 0.1) is 11.6 Å². The van der Waals surface area contributed by atoms with Gasteiger partial charge in [0.2, 0.25) is 11.9 Å². The highest BCUT2D eigenvalue weighted by atomic mass is 16.3. The molecule has 0 aliphatic carbocycles. The summed E-state index contributed by atoms with van der Waals surface area (Å²) in [6.07, 6.45) is 3.20. The number of anilines is 2. The largest absolute Gasteiger partial charge is 0.508 e. The lowest BCUT2D eigenvalue weighted by Gasteiger charge is -2.31. The first-order valence-electron chi connectivity index (χ1n) is 8.97. The molecule has 0 saturated carbocycles. The quantitative estimate of drug-likeness (QED) is 0.744. The molecule has 1 fully saturated rings. The Labute approximate surface area is 155 Å². The van der Waals surface area contributed by atoms with Crippen molar-refractivity contribution in [3.63, 3.8) is 0 Å². The maximum absolute atomic E-state index is 12.9. The molecule has 4 rings (SSSR count). The van der Waals surface area contributed by atoms with Crippen molar-refractivity contribution in [2.24, 2.45) is 5.92 Å². The number of rotatable bonds is 2. The van der Waals surface area contributed by atoms with Crippen LogP contribution in [0.2, 0.25) is 0 Å². The zero-order valence-corrected chi connectivity index (χ0v) is 14.6. The Morgan fingerprint density at radius 2 is 1.85 bits per heavy atom. The number of aromatic nitrogens is 2. The maximum atomic E-state index is 12.9. The van der Waals surface area contributed by atoms with Crippen molar-refractivity contribution < 1.29 is 9.90 Å². The molecule has 1 aromatic carbocycles. The van der Waals surface area contributed by atoms with E-state index in [1.807, 2.05) is 11.0 Å². The molecule has 1 aromatic heterocycles. The Balaban J connectivity index is 1.84. The van der Waals surface area contributed by atoms with Gasteiger partial charge >= 0.3 is 0 Å². The molecular formula is C19H19N5O3. The van der Waals surface area contributed by atoms with Gasteiger partial charge in [-0.25, -0.2) is 0 Å². The van der Waals surface area contributed by atoms with E-state index in [0.717, 1.165) is 32.4 Å². The van der Waals surface area contributed by atoms with Crippen LogP contribution in [0.25, 0.3) is 0 Å². The molecule has 2 aliphatic heterocycles. The van der Waals surface area contributed by atoms with Gasteiger partial charge in [-0.15, -0.1) is 0 Å². The number of amides is 1. The number of piperidine rings is 1. The smallest absolute Gasteiger partial charge is 0.258 e. The summed E-state index contributed by atoms with van der Waals surface area (Å²) in [4.78, 5) is 34.7. The lowest BCUT2D eigenvalue weighted by atomic mass is 9.79. The average molecular weight is 365 g/mol. The summed E-state index contributed by atoms with van der Waals surface area (Å²) in [7, 11) is 0. The van der Waals surface area contributed by atoms with E-state index >= 15 is 0 Å². The second-order valence-electron chi connectivity index (χ2n) is 6.86. The van der Waals surface area contributed by atoms with Crippen molar-refractivity contribution in [1.29, 1.82) is 5.26 Å².